The molecule has 3 rings (SSSR count). The predicted molar refractivity (Wildman–Crippen MR) is 120 cm³/mol. The number of thioether (sulfide) groups is 1. The number of hydrogen-bond donors (Lipinski definition) is 1. The molecule has 5 heteroatoms. The molecule has 0 fully saturated rings. The molecule has 0 unspecified atom stereocenters. The largest absolute Gasteiger partial charge is 0.497 e. The van der Waals surface area contributed by atoms with Crippen molar-refractivity contribution in [2.45, 2.75) is 6.10 Å². The van der Waals surface area contributed by atoms with E-state index in [-0.39, 0.29) is 12.0 Å². The van der Waals surface area contributed by atoms with Crippen LogP contribution in [-0.2, 0) is 9.53 Å². The molecule has 0 aliphatic rings. The Kier molecular flexibility index (Phi) is 8.16. The maximum Gasteiger partial charge on any atom is 0.234 e. The van der Waals surface area contributed by atoms with Crippen molar-refractivity contribution in [1.29, 1.82) is 0 Å². The van der Waals surface area contributed by atoms with Crippen LogP contribution in [0.5, 0.6) is 5.75 Å². The zero-order valence-corrected chi connectivity index (χ0v) is 17.2. The smallest absolute Gasteiger partial charge is 0.234 e. The van der Waals surface area contributed by atoms with Crippen molar-refractivity contribution in [3.63, 3.8) is 0 Å². The number of carbonyl (C=O) groups is 1. The molecule has 0 bridgehead atoms. The van der Waals surface area contributed by atoms with Crippen LogP contribution in [0.2, 0.25) is 0 Å². The fraction of sp³-hybridized carbons (Fsp3) is 0.208. The Hall–Kier alpha value is -2.76. The number of nitrogens with one attached hydrogen (secondary N) is 1. The maximum atomic E-state index is 12.1. The molecule has 0 atom stereocenters. The molecule has 4 nitrogen and oxygen atoms in total. The standard InChI is InChI=1S/C24H25NO3S/c1-27-22-14-8-13-21(17-22)25-23(26)18-29-16-15-28-24(19-9-4-2-5-10-19)20-11-6-3-7-12-20/h2-14,17,24H,15-16,18H2,1H3,(H,25,26). The van der Waals surface area contributed by atoms with E-state index in [9.17, 15) is 4.79 Å². The van der Waals surface area contributed by atoms with E-state index < -0.39 is 0 Å². The fourth-order valence-electron chi connectivity index (χ4n) is 2.93. The number of benzene rings is 3. The Morgan fingerprint density at radius 1 is 0.931 bits per heavy atom. The van der Waals surface area contributed by atoms with Gasteiger partial charge in [0.2, 0.25) is 5.91 Å². The zero-order valence-electron chi connectivity index (χ0n) is 16.4. The number of hydrogen-bond acceptors (Lipinski definition) is 4. The first-order valence-corrected chi connectivity index (χ1v) is 10.6. The Morgan fingerprint density at radius 2 is 1.59 bits per heavy atom. The van der Waals surface area contributed by atoms with Crippen LogP contribution in [-0.4, -0.2) is 31.1 Å². The third-order valence-electron chi connectivity index (χ3n) is 4.30. The molecule has 3 aromatic rings. The van der Waals surface area contributed by atoms with E-state index >= 15 is 0 Å². The van der Waals surface area contributed by atoms with Crippen molar-refractivity contribution in [3.8, 4) is 5.75 Å². The summed E-state index contributed by atoms with van der Waals surface area (Å²) < 4.78 is 11.3. The topological polar surface area (TPSA) is 47.6 Å². The average Bonchev–Trinajstić information content (AvgIpc) is 2.77. The van der Waals surface area contributed by atoms with Crippen molar-refractivity contribution < 1.29 is 14.3 Å². The maximum absolute atomic E-state index is 12.1. The third kappa shape index (κ3) is 6.66. The van der Waals surface area contributed by atoms with Crippen LogP contribution in [0.4, 0.5) is 5.69 Å². The van der Waals surface area contributed by atoms with Gasteiger partial charge in [0.25, 0.3) is 0 Å². The van der Waals surface area contributed by atoms with Gasteiger partial charge >= 0.3 is 0 Å². The van der Waals surface area contributed by atoms with Crippen LogP contribution < -0.4 is 10.1 Å². The Bertz CT molecular complexity index is 847. The second-order valence-electron chi connectivity index (χ2n) is 6.40. The lowest BCUT2D eigenvalue weighted by molar-refractivity contribution is -0.113. The van der Waals surface area contributed by atoms with E-state index in [0.29, 0.717) is 12.4 Å². The van der Waals surface area contributed by atoms with Crippen molar-refractivity contribution in [1.82, 2.24) is 0 Å². The fourth-order valence-corrected chi connectivity index (χ4v) is 3.54. The van der Waals surface area contributed by atoms with E-state index in [0.717, 1.165) is 28.3 Å². The second kappa shape index (κ2) is 11.3. The van der Waals surface area contributed by atoms with Gasteiger partial charge in [0.05, 0.1) is 19.5 Å². The van der Waals surface area contributed by atoms with Crippen LogP contribution in [0, 0.1) is 0 Å². The Labute approximate surface area is 176 Å². The molecule has 3 aromatic carbocycles. The summed E-state index contributed by atoms with van der Waals surface area (Å²) in [6.45, 7) is 0.561. The lowest BCUT2D eigenvalue weighted by Crippen LogP contribution is -2.15. The number of amides is 1. The summed E-state index contributed by atoms with van der Waals surface area (Å²) in [6, 6.07) is 27.7. The third-order valence-corrected chi connectivity index (χ3v) is 5.23. The van der Waals surface area contributed by atoms with Gasteiger partial charge in [-0.15, -0.1) is 11.8 Å². The van der Waals surface area contributed by atoms with Crippen LogP contribution in [0.15, 0.2) is 84.9 Å². The molecule has 29 heavy (non-hydrogen) atoms. The van der Waals surface area contributed by atoms with Crippen LogP contribution in [0.1, 0.15) is 17.2 Å². The van der Waals surface area contributed by atoms with E-state index in [1.54, 1.807) is 24.9 Å². The zero-order chi connectivity index (χ0) is 20.3. The summed E-state index contributed by atoms with van der Waals surface area (Å²) in [5.74, 6) is 1.80. The van der Waals surface area contributed by atoms with E-state index in [2.05, 4.69) is 29.6 Å². The van der Waals surface area contributed by atoms with E-state index in [4.69, 9.17) is 9.47 Å². The molecule has 0 saturated carbocycles. The molecule has 1 amide bonds. The van der Waals surface area contributed by atoms with Crippen LogP contribution >= 0.6 is 11.8 Å². The number of carbonyl (C=O) groups excluding carboxylic acids is 1. The Balaban J connectivity index is 1.46. The van der Waals surface area contributed by atoms with E-state index in [1.807, 2.05) is 54.6 Å². The highest BCUT2D eigenvalue weighted by molar-refractivity contribution is 7.99. The minimum atomic E-state index is -0.108. The second-order valence-corrected chi connectivity index (χ2v) is 7.51. The van der Waals surface area contributed by atoms with Crippen molar-refractivity contribution in [2.24, 2.45) is 0 Å². The number of anilines is 1. The molecule has 0 spiro atoms. The molecule has 150 valence electrons. The minimum absolute atomic E-state index is 0.0362. The number of rotatable bonds is 10. The van der Waals surface area contributed by atoms with Crippen molar-refractivity contribution >= 4 is 23.4 Å². The monoisotopic (exact) mass is 407 g/mol. The van der Waals surface area contributed by atoms with Gasteiger partial charge in [-0.25, -0.2) is 0 Å². The average molecular weight is 408 g/mol. The SMILES string of the molecule is COc1cccc(NC(=O)CSCCOC(c2ccccc2)c2ccccc2)c1. The molecule has 0 aromatic heterocycles. The highest BCUT2D eigenvalue weighted by atomic mass is 32.2. The van der Waals surface area contributed by atoms with Gasteiger partial charge < -0.3 is 14.8 Å². The molecule has 0 heterocycles. The summed E-state index contributed by atoms with van der Waals surface area (Å²) in [4.78, 5) is 12.1. The molecular weight excluding hydrogens is 382 g/mol. The molecule has 1 N–H and O–H groups in total. The normalized spacial score (nSPS) is 10.7. The van der Waals surface area contributed by atoms with Crippen molar-refractivity contribution in [2.75, 3.05) is 30.5 Å². The molecular formula is C24H25NO3S. The summed E-state index contributed by atoms with van der Waals surface area (Å²) in [5, 5.41) is 2.89. The van der Waals surface area contributed by atoms with Gasteiger partial charge in [0, 0.05) is 17.5 Å². The van der Waals surface area contributed by atoms with Gasteiger partial charge in [0.1, 0.15) is 11.9 Å². The lowest BCUT2D eigenvalue weighted by atomic mass is 10.0. The van der Waals surface area contributed by atoms with Crippen LogP contribution in [0.3, 0.4) is 0 Å². The van der Waals surface area contributed by atoms with Gasteiger partial charge in [-0.3, -0.25) is 4.79 Å². The Morgan fingerprint density at radius 3 is 2.21 bits per heavy atom. The van der Waals surface area contributed by atoms with Crippen LogP contribution in [0.25, 0.3) is 0 Å². The first-order chi connectivity index (χ1) is 14.3. The quantitative estimate of drug-likeness (QED) is 0.471. The van der Waals surface area contributed by atoms with Gasteiger partial charge in [-0.05, 0) is 23.3 Å². The van der Waals surface area contributed by atoms with Gasteiger partial charge in [-0.1, -0.05) is 66.7 Å². The first kappa shape index (κ1) is 21.0. The highest BCUT2D eigenvalue weighted by Crippen LogP contribution is 2.26. The molecule has 0 aliphatic carbocycles. The molecule has 0 radical (unpaired) electrons. The predicted octanol–water partition coefficient (Wildman–Crippen LogP) is 5.17. The van der Waals surface area contributed by atoms with Gasteiger partial charge in [0.15, 0.2) is 0 Å². The summed E-state index contributed by atoms with van der Waals surface area (Å²) in [6.07, 6.45) is -0.108. The lowest BCUT2D eigenvalue weighted by Gasteiger charge is -2.19. The number of ether oxygens (including phenoxy) is 2. The summed E-state index contributed by atoms with van der Waals surface area (Å²) in [5.41, 5.74) is 2.98. The number of methoxy groups -OCH3 is 1. The summed E-state index contributed by atoms with van der Waals surface area (Å²) >= 11 is 1.55. The van der Waals surface area contributed by atoms with Gasteiger partial charge in [-0.2, -0.15) is 0 Å². The minimum Gasteiger partial charge on any atom is -0.497 e. The highest BCUT2D eigenvalue weighted by Gasteiger charge is 2.14. The molecule has 0 saturated heterocycles. The first-order valence-electron chi connectivity index (χ1n) is 9.49. The van der Waals surface area contributed by atoms with E-state index in [1.165, 1.54) is 0 Å². The van der Waals surface area contributed by atoms with Crippen molar-refractivity contribution in [3.05, 3.63) is 96.1 Å². The molecule has 0 aliphatic heterocycles. The summed E-state index contributed by atoms with van der Waals surface area (Å²) in [7, 11) is 1.61.